The zero-order chi connectivity index (χ0) is 19.5. The van der Waals surface area contributed by atoms with Crippen LogP contribution in [0.3, 0.4) is 0 Å². The quantitative estimate of drug-likeness (QED) is 0.604. The van der Waals surface area contributed by atoms with Crippen molar-refractivity contribution in [1.29, 1.82) is 0 Å². The zero-order valence-corrected chi connectivity index (χ0v) is 17.6. The summed E-state index contributed by atoms with van der Waals surface area (Å²) >= 11 is 0. The lowest BCUT2D eigenvalue weighted by atomic mass is 9.74. The SMILES string of the molecule is CCCC(CCC(C)C)C(NC1NOc2c1ccc(C)c2F)C(C)(C)C. The van der Waals surface area contributed by atoms with E-state index in [0.717, 1.165) is 5.56 Å². The predicted octanol–water partition coefficient (Wildman–Crippen LogP) is 5.89. The van der Waals surface area contributed by atoms with Crippen LogP contribution in [0.25, 0.3) is 0 Å². The van der Waals surface area contributed by atoms with Gasteiger partial charge in [-0.25, -0.2) is 4.39 Å². The zero-order valence-electron chi connectivity index (χ0n) is 17.6. The van der Waals surface area contributed by atoms with Crippen LogP contribution in [-0.4, -0.2) is 6.04 Å². The third kappa shape index (κ3) is 4.98. The number of hydroxylamine groups is 1. The van der Waals surface area contributed by atoms with Gasteiger partial charge in [-0.15, -0.1) is 5.48 Å². The highest BCUT2D eigenvalue weighted by atomic mass is 19.1. The highest BCUT2D eigenvalue weighted by Crippen LogP contribution is 2.37. The molecule has 1 heterocycles. The summed E-state index contributed by atoms with van der Waals surface area (Å²) in [6, 6.07) is 4.11. The lowest BCUT2D eigenvalue weighted by Crippen LogP contribution is -2.50. The number of halogens is 1. The number of fused-ring (bicyclic) bond motifs is 1. The lowest BCUT2D eigenvalue weighted by Gasteiger charge is -2.40. The summed E-state index contributed by atoms with van der Waals surface area (Å²) in [5.41, 5.74) is 4.58. The van der Waals surface area contributed by atoms with Crippen molar-refractivity contribution in [1.82, 2.24) is 10.8 Å². The van der Waals surface area contributed by atoms with Crippen molar-refractivity contribution in [2.24, 2.45) is 17.3 Å². The third-order valence-corrected chi connectivity index (χ3v) is 5.44. The van der Waals surface area contributed by atoms with E-state index in [1.54, 1.807) is 6.92 Å². The fraction of sp³-hybridized carbons (Fsp3) is 0.727. The topological polar surface area (TPSA) is 33.3 Å². The molecule has 4 heteroatoms. The second-order valence-corrected chi connectivity index (χ2v) is 9.30. The van der Waals surface area contributed by atoms with E-state index in [-0.39, 0.29) is 17.4 Å². The van der Waals surface area contributed by atoms with Gasteiger partial charge in [0.25, 0.3) is 0 Å². The monoisotopic (exact) mass is 364 g/mol. The van der Waals surface area contributed by atoms with Crippen molar-refractivity contribution in [2.45, 2.75) is 86.4 Å². The molecule has 1 aliphatic heterocycles. The standard InChI is InChI=1S/C22H37FN2O/c1-8-9-16(12-10-14(2)3)20(22(5,6)7)24-21-17-13-11-15(4)18(23)19(17)26-25-21/h11,13-14,16,20-21,24-25H,8-10,12H2,1-7H3. The van der Waals surface area contributed by atoms with E-state index in [4.69, 9.17) is 4.84 Å². The van der Waals surface area contributed by atoms with Gasteiger partial charge in [-0.1, -0.05) is 66.5 Å². The first-order valence-corrected chi connectivity index (χ1v) is 10.1. The summed E-state index contributed by atoms with van der Waals surface area (Å²) in [6.07, 6.45) is 4.64. The molecule has 2 rings (SSSR count). The number of nitrogens with one attached hydrogen (secondary N) is 2. The van der Waals surface area contributed by atoms with E-state index >= 15 is 0 Å². The number of benzene rings is 1. The minimum Gasteiger partial charge on any atom is -0.403 e. The largest absolute Gasteiger partial charge is 0.403 e. The second-order valence-electron chi connectivity index (χ2n) is 9.30. The summed E-state index contributed by atoms with van der Waals surface area (Å²) in [4.78, 5) is 5.49. The molecule has 148 valence electrons. The smallest absolute Gasteiger partial charge is 0.189 e. The molecule has 0 saturated carbocycles. The van der Waals surface area contributed by atoms with Gasteiger partial charge in [0.05, 0.1) is 0 Å². The van der Waals surface area contributed by atoms with Gasteiger partial charge in [0, 0.05) is 11.6 Å². The minimum atomic E-state index is -0.267. The maximum atomic E-state index is 14.3. The van der Waals surface area contributed by atoms with Crippen molar-refractivity contribution < 1.29 is 9.23 Å². The van der Waals surface area contributed by atoms with Gasteiger partial charge in [0.2, 0.25) is 0 Å². The summed E-state index contributed by atoms with van der Waals surface area (Å²) in [5, 5.41) is 3.76. The van der Waals surface area contributed by atoms with E-state index in [1.165, 1.54) is 25.7 Å². The Balaban J connectivity index is 2.23. The first-order chi connectivity index (χ1) is 12.1. The molecule has 3 nitrogen and oxygen atoms in total. The number of hydrogen-bond acceptors (Lipinski definition) is 3. The van der Waals surface area contributed by atoms with Crippen molar-refractivity contribution in [3.05, 3.63) is 29.1 Å². The normalized spacial score (nSPS) is 19.3. The van der Waals surface area contributed by atoms with Crippen molar-refractivity contribution >= 4 is 0 Å². The molecule has 1 aliphatic rings. The molecule has 3 atom stereocenters. The van der Waals surface area contributed by atoms with Gasteiger partial charge in [0.1, 0.15) is 6.17 Å². The molecule has 1 aromatic carbocycles. The van der Waals surface area contributed by atoms with E-state index in [0.29, 0.717) is 29.2 Å². The van der Waals surface area contributed by atoms with Crippen LogP contribution in [0.15, 0.2) is 12.1 Å². The van der Waals surface area contributed by atoms with Gasteiger partial charge in [-0.05, 0) is 42.6 Å². The molecule has 0 aromatic heterocycles. The molecule has 1 aromatic rings. The van der Waals surface area contributed by atoms with Crippen LogP contribution in [-0.2, 0) is 0 Å². The molecule has 2 N–H and O–H groups in total. The average Bonchev–Trinajstić information content (AvgIpc) is 2.95. The predicted molar refractivity (Wildman–Crippen MR) is 106 cm³/mol. The van der Waals surface area contributed by atoms with E-state index in [2.05, 4.69) is 52.3 Å². The Kier molecular flexibility index (Phi) is 7.09. The fourth-order valence-corrected chi connectivity index (χ4v) is 3.97. The molecular formula is C22H37FN2O. The fourth-order valence-electron chi connectivity index (χ4n) is 3.97. The highest BCUT2D eigenvalue weighted by molar-refractivity contribution is 5.42. The van der Waals surface area contributed by atoms with Crippen molar-refractivity contribution in [3.63, 3.8) is 0 Å². The third-order valence-electron chi connectivity index (χ3n) is 5.44. The minimum absolute atomic E-state index is 0.102. The molecule has 0 aliphatic carbocycles. The molecule has 0 radical (unpaired) electrons. The van der Waals surface area contributed by atoms with Crippen LogP contribution in [0.4, 0.5) is 4.39 Å². The molecule has 3 unspecified atom stereocenters. The molecular weight excluding hydrogens is 327 g/mol. The Morgan fingerprint density at radius 2 is 1.88 bits per heavy atom. The maximum absolute atomic E-state index is 14.3. The number of aryl methyl sites for hydroxylation is 1. The molecule has 0 amide bonds. The van der Waals surface area contributed by atoms with Crippen molar-refractivity contribution in [3.8, 4) is 5.75 Å². The number of rotatable bonds is 8. The second kappa shape index (κ2) is 8.71. The van der Waals surface area contributed by atoms with Crippen LogP contribution in [0.1, 0.15) is 84.5 Å². The molecule has 0 spiro atoms. The molecule has 26 heavy (non-hydrogen) atoms. The summed E-state index contributed by atoms with van der Waals surface area (Å²) < 4.78 is 14.3. The molecule has 0 fully saturated rings. The van der Waals surface area contributed by atoms with Crippen LogP contribution < -0.4 is 15.6 Å². The van der Waals surface area contributed by atoms with Crippen LogP contribution in [0.2, 0.25) is 0 Å². The number of hydrogen-bond donors (Lipinski definition) is 2. The molecule has 0 bridgehead atoms. The Hall–Kier alpha value is -1.13. The van der Waals surface area contributed by atoms with Crippen LogP contribution in [0, 0.1) is 30.0 Å². The van der Waals surface area contributed by atoms with Crippen molar-refractivity contribution in [2.75, 3.05) is 0 Å². The van der Waals surface area contributed by atoms with E-state index < -0.39 is 0 Å². The van der Waals surface area contributed by atoms with E-state index in [1.807, 2.05) is 12.1 Å². The first-order valence-electron chi connectivity index (χ1n) is 10.1. The Labute approximate surface area is 159 Å². The first kappa shape index (κ1) is 21.2. The van der Waals surface area contributed by atoms with Gasteiger partial charge in [-0.3, -0.25) is 5.32 Å². The van der Waals surface area contributed by atoms with Crippen LogP contribution >= 0.6 is 0 Å². The van der Waals surface area contributed by atoms with Gasteiger partial charge in [0.15, 0.2) is 11.6 Å². The average molecular weight is 365 g/mol. The van der Waals surface area contributed by atoms with Gasteiger partial charge < -0.3 is 4.84 Å². The lowest BCUT2D eigenvalue weighted by molar-refractivity contribution is 0.109. The summed E-state index contributed by atoms with van der Waals surface area (Å²) in [5.74, 6) is 1.37. The Morgan fingerprint density at radius 1 is 1.19 bits per heavy atom. The Morgan fingerprint density at radius 3 is 2.46 bits per heavy atom. The van der Waals surface area contributed by atoms with Gasteiger partial charge >= 0.3 is 0 Å². The maximum Gasteiger partial charge on any atom is 0.189 e. The highest BCUT2D eigenvalue weighted by Gasteiger charge is 2.36. The van der Waals surface area contributed by atoms with E-state index in [9.17, 15) is 4.39 Å². The summed E-state index contributed by atoms with van der Waals surface area (Å²) in [7, 11) is 0. The summed E-state index contributed by atoms with van der Waals surface area (Å²) in [6.45, 7) is 15.5. The molecule has 0 saturated heterocycles. The van der Waals surface area contributed by atoms with Gasteiger partial charge in [-0.2, -0.15) is 0 Å². The van der Waals surface area contributed by atoms with Crippen LogP contribution in [0.5, 0.6) is 5.75 Å². The Bertz CT molecular complexity index is 595.